The highest BCUT2D eigenvalue weighted by molar-refractivity contribution is 5.73. The number of hydrogen-bond donors (Lipinski definition) is 2. The summed E-state index contributed by atoms with van der Waals surface area (Å²) < 4.78 is 0. The molecule has 0 radical (unpaired) electrons. The second-order valence-electron chi connectivity index (χ2n) is 5.44. The van der Waals surface area contributed by atoms with E-state index in [2.05, 4.69) is 16.7 Å². The summed E-state index contributed by atoms with van der Waals surface area (Å²) in [5.41, 5.74) is 1.85. The highest BCUT2D eigenvalue weighted by Gasteiger charge is 2.20. The normalized spacial score (nSPS) is 22.0. The highest BCUT2D eigenvalue weighted by atomic mass is 16.1. The first kappa shape index (κ1) is 14.5. The van der Waals surface area contributed by atoms with Crippen LogP contribution in [0.5, 0.6) is 0 Å². The molecule has 0 atom stereocenters. The Balaban J connectivity index is 1.76. The van der Waals surface area contributed by atoms with Crippen LogP contribution in [0.25, 0.3) is 0 Å². The van der Waals surface area contributed by atoms with Crippen molar-refractivity contribution in [3.05, 3.63) is 35.4 Å². The minimum absolute atomic E-state index is 0.0646. The van der Waals surface area contributed by atoms with Crippen molar-refractivity contribution in [2.45, 2.75) is 51.2 Å². The molecule has 20 heavy (non-hydrogen) atoms. The van der Waals surface area contributed by atoms with Crippen molar-refractivity contribution in [2.24, 2.45) is 0 Å². The maximum atomic E-state index is 11.0. The van der Waals surface area contributed by atoms with Gasteiger partial charge in [-0.3, -0.25) is 4.79 Å². The standard InChI is InChI=1S/C16H21N3O/c1-12(20)19-16-7-5-15(6-8-16)18-11-14-4-2-3-13(9-14)10-17/h2-4,9,15-16,18H,5-8,11H2,1H3,(H,19,20). The van der Waals surface area contributed by atoms with E-state index in [0.29, 0.717) is 17.6 Å². The van der Waals surface area contributed by atoms with Crippen LogP contribution in [-0.2, 0) is 11.3 Å². The second kappa shape index (κ2) is 7.06. The van der Waals surface area contributed by atoms with Crippen molar-refractivity contribution in [3.8, 4) is 6.07 Å². The van der Waals surface area contributed by atoms with Crippen molar-refractivity contribution < 1.29 is 4.79 Å². The molecule has 2 N–H and O–H groups in total. The zero-order valence-corrected chi connectivity index (χ0v) is 11.9. The second-order valence-corrected chi connectivity index (χ2v) is 5.44. The molecule has 1 saturated carbocycles. The molecule has 0 spiro atoms. The number of nitrogens with one attached hydrogen (secondary N) is 2. The lowest BCUT2D eigenvalue weighted by molar-refractivity contribution is -0.119. The number of amides is 1. The molecule has 0 aromatic heterocycles. The molecule has 1 aromatic rings. The quantitative estimate of drug-likeness (QED) is 0.881. The van der Waals surface area contributed by atoms with Crippen molar-refractivity contribution in [1.82, 2.24) is 10.6 Å². The van der Waals surface area contributed by atoms with Gasteiger partial charge in [-0.25, -0.2) is 0 Å². The number of nitriles is 1. The summed E-state index contributed by atoms with van der Waals surface area (Å²) in [6.45, 7) is 2.37. The Hall–Kier alpha value is -1.86. The Bertz CT molecular complexity index is 499. The fourth-order valence-electron chi connectivity index (χ4n) is 2.74. The Labute approximate surface area is 120 Å². The van der Waals surface area contributed by atoms with Crippen molar-refractivity contribution in [2.75, 3.05) is 0 Å². The third-order valence-corrected chi connectivity index (χ3v) is 3.79. The molecule has 1 aliphatic rings. The van der Waals surface area contributed by atoms with E-state index in [1.54, 1.807) is 6.92 Å². The summed E-state index contributed by atoms with van der Waals surface area (Å²) in [4.78, 5) is 11.0. The van der Waals surface area contributed by atoms with E-state index in [1.165, 1.54) is 0 Å². The van der Waals surface area contributed by atoms with Crippen LogP contribution in [-0.4, -0.2) is 18.0 Å². The first-order valence-corrected chi connectivity index (χ1v) is 7.17. The summed E-state index contributed by atoms with van der Waals surface area (Å²) in [7, 11) is 0. The molecule has 0 bridgehead atoms. The van der Waals surface area contributed by atoms with E-state index in [9.17, 15) is 4.79 Å². The number of benzene rings is 1. The Morgan fingerprint density at radius 1 is 1.30 bits per heavy atom. The Kier molecular flexibility index (Phi) is 5.14. The maximum Gasteiger partial charge on any atom is 0.217 e. The molecule has 1 aromatic carbocycles. The Morgan fingerprint density at radius 2 is 2.00 bits per heavy atom. The summed E-state index contributed by atoms with van der Waals surface area (Å²) in [5, 5.41) is 15.4. The van der Waals surface area contributed by atoms with Gasteiger partial charge in [-0.2, -0.15) is 5.26 Å². The van der Waals surface area contributed by atoms with E-state index in [4.69, 9.17) is 5.26 Å². The molecule has 0 heterocycles. The van der Waals surface area contributed by atoms with Crippen LogP contribution in [0.3, 0.4) is 0 Å². The van der Waals surface area contributed by atoms with Crippen LogP contribution >= 0.6 is 0 Å². The molecule has 0 unspecified atom stereocenters. The molecule has 1 amide bonds. The molecular formula is C16H21N3O. The van der Waals surface area contributed by atoms with Crippen molar-refractivity contribution >= 4 is 5.91 Å². The third-order valence-electron chi connectivity index (χ3n) is 3.79. The molecule has 1 fully saturated rings. The first-order valence-electron chi connectivity index (χ1n) is 7.17. The summed E-state index contributed by atoms with van der Waals surface area (Å²) in [6.07, 6.45) is 4.25. The van der Waals surface area contributed by atoms with Gasteiger partial charge in [-0.05, 0) is 43.4 Å². The lowest BCUT2D eigenvalue weighted by atomic mass is 9.91. The molecule has 4 heteroatoms. The zero-order chi connectivity index (χ0) is 14.4. The maximum absolute atomic E-state index is 11.0. The van der Waals surface area contributed by atoms with Gasteiger partial charge in [0.1, 0.15) is 0 Å². The number of rotatable bonds is 4. The van der Waals surface area contributed by atoms with Crippen LogP contribution in [0.15, 0.2) is 24.3 Å². The number of hydrogen-bond acceptors (Lipinski definition) is 3. The molecule has 106 valence electrons. The topological polar surface area (TPSA) is 64.9 Å². The van der Waals surface area contributed by atoms with Crippen LogP contribution in [0, 0.1) is 11.3 Å². The highest BCUT2D eigenvalue weighted by Crippen LogP contribution is 2.19. The number of carbonyl (C=O) groups excluding carboxylic acids is 1. The summed E-state index contributed by atoms with van der Waals surface area (Å²) in [6, 6.07) is 10.7. The minimum atomic E-state index is 0.0646. The molecule has 1 aliphatic carbocycles. The van der Waals surface area contributed by atoms with Crippen LogP contribution in [0.4, 0.5) is 0 Å². The monoisotopic (exact) mass is 271 g/mol. The van der Waals surface area contributed by atoms with E-state index in [0.717, 1.165) is 37.8 Å². The van der Waals surface area contributed by atoms with Gasteiger partial charge in [0, 0.05) is 25.6 Å². The third kappa shape index (κ3) is 4.36. The molecule has 4 nitrogen and oxygen atoms in total. The van der Waals surface area contributed by atoms with Crippen molar-refractivity contribution in [3.63, 3.8) is 0 Å². The first-order chi connectivity index (χ1) is 9.67. The fraction of sp³-hybridized carbons (Fsp3) is 0.500. The average molecular weight is 271 g/mol. The smallest absolute Gasteiger partial charge is 0.217 e. The number of nitrogens with zero attached hydrogens (tertiary/aromatic N) is 1. The van der Waals surface area contributed by atoms with Gasteiger partial charge in [-0.1, -0.05) is 12.1 Å². The minimum Gasteiger partial charge on any atom is -0.354 e. The van der Waals surface area contributed by atoms with Gasteiger partial charge < -0.3 is 10.6 Å². The zero-order valence-electron chi connectivity index (χ0n) is 11.9. The summed E-state index contributed by atoms with van der Waals surface area (Å²) in [5.74, 6) is 0.0646. The Morgan fingerprint density at radius 3 is 2.65 bits per heavy atom. The van der Waals surface area contributed by atoms with E-state index in [1.807, 2.05) is 24.3 Å². The predicted octanol–water partition coefficient (Wildman–Crippen LogP) is 2.10. The predicted molar refractivity (Wildman–Crippen MR) is 77.9 cm³/mol. The van der Waals surface area contributed by atoms with E-state index in [-0.39, 0.29) is 5.91 Å². The van der Waals surface area contributed by atoms with Gasteiger partial charge in [0.25, 0.3) is 0 Å². The largest absolute Gasteiger partial charge is 0.354 e. The van der Waals surface area contributed by atoms with Gasteiger partial charge in [0.05, 0.1) is 11.6 Å². The van der Waals surface area contributed by atoms with Gasteiger partial charge in [0.2, 0.25) is 5.91 Å². The van der Waals surface area contributed by atoms with E-state index >= 15 is 0 Å². The van der Waals surface area contributed by atoms with Crippen LogP contribution in [0.2, 0.25) is 0 Å². The van der Waals surface area contributed by atoms with E-state index < -0.39 is 0 Å². The van der Waals surface area contributed by atoms with Crippen LogP contribution in [0.1, 0.15) is 43.7 Å². The van der Waals surface area contributed by atoms with Gasteiger partial charge >= 0.3 is 0 Å². The fourth-order valence-corrected chi connectivity index (χ4v) is 2.74. The molecule has 0 aliphatic heterocycles. The summed E-state index contributed by atoms with van der Waals surface area (Å²) >= 11 is 0. The average Bonchev–Trinajstić information content (AvgIpc) is 2.46. The van der Waals surface area contributed by atoms with Crippen molar-refractivity contribution in [1.29, 1.82) is 5.26 Å². The number of carbonyl (C=O) groups is 1. The molecule has 2 rings (SSSR count). The van der Waals surface area contributed by atoms with Gasteiger partial charge in [-0.15, -0.1) is 0 Å². The van der Waals surface area contributed by atoms with Crippen LogP contribution < -0.4 is 10.6 Å². The van der Waals surface area contributed by atoms with Gasteiger partial charge in [0.15, 0.2) is 0 Å². The SMILES string of the molecule is CC(=O)NC1CCC(NCc2cccc(C#N)c2)CC1. The lowest BCUT2D eigenvalue weighted by Crippen LogP contribution is -2.41. The lowest BCUT2D eigenvalue weighted by Gasteiger charge is -2.29. The molecule has 0 saturated heterocycles. The molecular weight excluding hydrogens is 250 g/mol.